The number of nitrogens with zero attached hydrogens (tertiary/aromatic N) is 2. The predicted molar refractivity (Wildman–Crippen MR) is 102 cm³/mol. The van der Waals surface area contributed by atoms with E-state index in [1.54, 1.807) is 6.20 Å². The third-order valence-electron chi connectivity index (χ3n) is 2.86. The van der Waals surface area contributed by atoms with Crippen molar-refractivity contribution in [2.24, 2.45) is 0 Å². The molecule has 132 valence electrons. The molecule has 2 aromatic heterocycles. The van der Waals surface area contributed by atoms with Gasteiger partial charge in [-0.2, -0.15) is 4.33 Å². The lowest BCUT2D eigenvalue weighted by Gasteiger charge is -2.10. The molecule has 3 aromatic rings. The molecule has 0 saturated heterocycles. The van der Waals surface area contributed by atoms with Gasteiger partial charge in [-0.3, -0.25) is 0 Å². The summed E-state index contributed by atoms with van der Waals surface area (Å²) >= 11 is 2.66. The molecule has 0 aliphatic rings. The summed E-state index contributed by atoms with van der Waals surface area (Å²) in [6.45, 7) is 1.95. The van der Waals surface area contributed by atoms with Gasteiger partial charge in [0.2, 0.25) is 0 Å². The summed E-state index contributed by atoms with van der Waals surface area (Å²) in [6.07, 6.45) is 1.71. The van der Waals surface area contributed by atoms with Crippen LogP contribution in [0.2, 0.25) is 0 Å². The first kappa shape index (κ1) is 19.5. The van der Waals surface area contributed by atoms with E-state index in [1.165, 1.54) is 18.4 Å². The first-order chi connectivity index (χ1) is 11.7. The van der Waals surface area contributed by atoms with Crippen molar-refractivity contribution >= 4 is 46.7 Å². The quantitative estimate of drug-likeness (QED) is 0.325. The van der Waals surface area contributed by atoms with Gasteiger partial charge in [0, 0.05) is 16.5 Å². The predicted octanol–water partition coefficient (Wildman–Crippen LogP) is 5.39. The molecular formula is C16H16ClN3O3S2. The Balaban J connectivity index is 0.00000225. The fraction of sp³-hybridized carbons (Fsp3) is 0.125. The van der Waals surface area contributed by atoms with Gasteiger partial charge in [0.25, 0.3) is 0 Å². The highest BCUT2D eigenvalue weighted by Crippen LogP contribution is 2.31. The molecule has 1 aromatic carbocycles. The molecule has 0 unspecified atom stereocenters. The monoisotopic (exact) mass is 397 g/mol. The summed E-state index contributed by atoms with van der Waals surface area (Å²) in [5.74, 6) is 1.94. The Labute approximate surface area is 160 Å². The number of aromatic nitrogens is 2. The van der Waals surface area contributed by atoms with Crippen LogP contribution in [0.4, 0.5) is 10.9 Å². The first-order valence-electron chi connectivity index (χ1n) is 7.04. The summed E-state index contributed by atoms with van der Waals surface area (Å²) in [5.41, 5.74) is 0.965. The van der Waals surface area contributed by atoms with E-state index in [9.17, 15) is 0 Å². The first-order valence-corrected chi connectivity index (χ1v) is 8.66. The molecule has 0 atom stereocenters. The fourth-order valence-electron chi connectivity index (χ4n) is 1.84. The van der Waals surface area contributed by atoms with Crippen LogP contribution < -0.4 is 10.1 Å². The van der Waals surface area contributed by atoms with Crippen LogP contribution >= 0.6 is 35.8 Å². The third-order valence-corrected chi connectivity index (χ3v) is 4.41. The molecule has 0 aliphatic carbocycles. The number of pyridine rings is 1. The smallest absolute Gasteiger partial charge is 0.188 e. The van der Waals surface area contributed by atoms with E-state index in [0.717, 1.165) is 27.8 Å². The lowest BCUT2D eigenvalue weighted by atomic mass is 10.3. The minimum absolute atomic E-state index is 0. The molecule has 2 heterocycles. The molecule has 0 saturated carbocycles. The second-order valence-electron chi connectivity index (χ2n) is 4.66. The summed E-state index contributed by atoms with van der Waals surface area (Å²) in [6, 6.07) is 11.1. The Morgan fingerprint density at radius 2 is 1.96 bits per heavy atom. The van der Waals surface area contributed by atoms with Crippen molar-refractivity contribution in [1.82, 2.24) is 9.97 Å². The van der Waals surface area contributed by atoms with Crippen LogP contribution in [0.3, 0.4) is 0 Å². The summed E-state index contributed by atoms with van der Waals surface area (Å²) in [5, 5.41) is 5.94. The molecule has 1 N–H and O–H groups in total. The van der Waals surface area contributed by atoms with Gasteiger partial charge in [0.05, 0.1) is 24.8 Å². The van der Waals surface area contributed by atoms with E-state index in [-0.39, 0.29) is 12.4 Å². The zero-order chi connectivity index (χ0) is 16.8. The molecule has 3 rings (SSSR count). The van der Waals surface area contributed by atoms with Gasteiger partial charge in [0.1, 0.15) is 5.75 Å². The number of benzene rings is 1. The number of ether oxygens (including phenoxy) is 1. The van der Waals surface area contributed by atoms with E-state index < -0.39 is 0 Å². The maximum absolute atomic E-state index is 5.92. The lowest BCUT2D eigenvalue weighted by Crippen LogP contribution is -1.96. The highest BCUT2D eigenvalue weighted by molar-refractivity contribution is 7.94. The van der Waals surface area contributed by atoms with Crippen molar-refractivity contribution < 1.29 is 14.0 Å². The normalized spacial score (nSPS) is 10.2. The van der Waals surface area contributed by atoms with Crippen molar-refractivity contribution in [2.45, 2.75) is 11.8 Å². The van der Waals surface area contributed by atoms with E-state index in [4.69, 9.17) is 9.07 Å². The maximum atomic E-state index is 5.92. The molecule has 0 radical (unpaired) electrons. The second-order valence-corrected chi connectivity index (χ2v) is 6.29. The number of hydrogen-bond acceptors (Lipinski definition) is 8. The van der Waals surface area contributed by atoms with Crippen LogP contribution in [0.1, 0.15) is 5.69 Å². The largest absolute Gasteiger partial charge is 0.453 e. The standard InChI is InChI=1S/C16H15N3O3S2.ClH/c1-11-10-23-16(18-11)19-15-14(4-3-9-17-15)21-12-5-7-13(8-6-12)24-22-20-2;/h3-10H,1-2H3,(H,17,18,19);1H. The van der Waals surface area contributed by atoms with Gasteiger partial charge in [-0.25, -0.2) is 14.9 Å². The van der Waals surface area contributed by atoms with E-state index in [1.807, 2.05) is 48.7 Å². The summed E-state index contributed by atoms with van der Waals surface area (Å²) in [4.78, 5) is 14.2. The van der Waals surface area contributed by atoms with Crippen LogP contribution in [0, 0.1) is 6.92 Å². The Morgan fingerprint density at radius 3 is 2.64 bits per heavy atom. The van der Waals surface area contributed by atoms with Gasteiger partial charge >= 0.3 is 0 Å². The van der Waals surface area contributed by atoms with Crippen molar-refractivity contribution in [3.8, 4) is 11.5 Å². The lowest BCUT2D eigenvalue weighted by molar-refractivity contribution is -0.160. The Hall–Kier alpha value is -1.84. The van der Waals surface area contributed by atoms with Crippen molar-refractivity contribution in [1.29, 1.82) is 0 Å². The van der Waals surface area contributed by atoms with Gasteiger partial charge in [-0.05, 0) is 43.3 Å². The van der Waals surface area contributed by atoms with Gasteiger partial charge < -0.3 is 10.1 Å². The molecule has 0 aliphatic heterocycles. The number of rotatable bonds is 7. The average Bonchev–Trinajstić information content (AvgIpc) is 3.01. The minimum atomic E-state index is 0. The van der Waals surface area contributed by atoms with Crippen LogP contribution in [0.25, 0.3) is 0 Å². The average molecular weight is 398 g/mol. The van der Waals surface area contributed by atoms with Crippen molar-refractivity contribution in [3.63, 3.8) is 0 Å². The Kier molecular flexibility index (Phi) is 7.48. The third kappa shape index (κ3) is 5.58. The van der Waals surface area contributed by atoms with Crippen LogP contribution in [-0.4, -0.2) is 17.1 Å². The summed E-state index contributed by atoms with van der Waals surface area (Å²) < 4.78 is 10.7. The molecule has 6 nitrogen and oxygen atoms in total. The fourth-order valence-corrected chi connectivity index (χ4v) is 2.92. The van der Waals surface area contributed by atoms with Crippen LogP contribution in [-0.2, 0) is 9.22 Å². The van der Waals surface area contributed by atoms with Crippen LogP contribution in [0.5, 0.6) is 11.5 Å². The SMILES string of the molecule is COOSc1ccc(Oc2cccnc2Nc2nc(C)cs2)cc1.Cl. The number of hydrogen-bond donors (Lipinski definition) is 1. The molecule has 0 amide bonds. The molecule has 0 fully saturated rings. The summed E-state index contributed by atoms with van der Waals surface area (Å²) in [7, 11) is 1.46. The van der Waals surface area contributed by atoms with E-state index in [2.05, 4.69) is 20.2 Å². The van der Waals surface area contributed by atoms with Gasteiger partial charge in [-0.1, -0.05) is 0 Å². The van der Waals surface area contributed by atoms with Crippen molar-refractivity contribution in [2.75, 3.05) is 12.4 Å². The number of thiazole rings is 1. The topological polar surface area (TPSA) is 65.5 Å². The zero-order valence-corrected chi connectivity index (χ0v) is 15.9. The highest BCUT2D eigenvalue weighted by Gasteiger charge is 2.08. The highest BCUT2D eigenvalue weighted by atomic mass is 35.5. The molecule has 0 spiro atoms. The number of aryl methyl sites for hydroxylation is 1. The number of halogens is 1. The zero-order valence-electron chi connectivity index (χ0n) is 13.5. The maximum Gasteiger partial charge on any atom is 0.188 e. The van der Waals surface area contributed by atoms with Gasteiger partial charge in [0.15, 0.2) is 16.7 Å². The minimum Gasteiger partial charge on any atom is -0.453 e. The number of nitrogens with one attached hydrogen (secondary N) is 1. The second kappa shape index (κ2) is 9.59. The molecule has 0 bridgehead atoms. The van der Waals surface area contributed by atoms with E-state index in [0.29, 0.717) is 17.3 Å². The number of anilines is 2. The van der Waals surface area contributed by atoms with E-state index >= 15 is 0 Å². The van der Waals surface area contributed by atoms with Crippen molar-refractivity contribution in [3.05, 3.63) is 53.7 Å². The Bertz CT molecular complexity index is 799. The van der Waals surface area contributed by atoms with Crippen LogP contribution in [0.15, 0.2) is 52.9 Å². The molecule has 9 heteroatoms. The molecule has 25 heavy (non-hydrogen) atoms. The molecular weight excluding hydrogens is 382 g/mol. The Morgan fingerprint density at radius 1 is 1.16 bits per heavy atom. The van der Waals surface area contributed by atoms with Gasteiger partial charge in [-0.15, -0.1) is 23.7 Å².